The zero-order valence-electron chi connectivity index (χ0n) is 19.1. The van der Waals surface area contributed by atoms with Crippen LogP contribution in [0.25, 0.3) is 10.9 Å². The molecule has 3 aromatic rings. The van der Waals surface area contributed by atoms with Crippen molar-refractivity contribution in [3.63, 3.8) is 0 Å². The Bertz CT molecular complexity index is 1160. The van der Waals surface area contributed by atoms with Crippen LogP contribution in [0.3, 0.4) is 0 Å². The number of unbranched alkanes of at least 4 members (excludes halogenated alkanes) is 1. The van der Waals surface area contributed by atoms with E-state index in [4.69, 9.17) is 0 Å². The van der Waals surface area contributed by atoms with Gasteiger partial charge in [0.2, 0.25) is 11.8 Å². The monoisotopic (exact) mass is 429 g/mol. The third kappa shape index (κ3) is 3.31. The van der Waals surface area contributed by atoms with Crippen LogP contribution >= 0.6 is 0 Å². The van der Waals surface area contributed by atoms with Gasteiger partial charge in [-0.3, -0.25) is 9.59 Å². The molecule has 5 rings (SSSR count). The van der Waals surface area contributed by atoms with E-state index in [1.54, 1.807) is 4.90 Å². The molecule has 1 saturated heterocycles. The topological polar surface area (TPSA) is 56.4 Å². The number of para-hydroxylation sites is 1. The van der Waals surface area contributed by atoms with Gasteiger partial charge in [0.15, 0.2) is 0 Å². The number of carbonyl (C=O) groups excluding carboxylic acids is 2. The van der Waals surface area contributed by atoms with E-state index in [-0.39, 0.29) is 24.4 Å². The van der Waals surface area contributed by atoms with Crippen LogP contribution in [-0.2, 0) is 16.0 Å². The predicted molar refractivity (Wildman–Crippen MR) is 126 cm³/mol. The Morgan fingerprint density at radius 2 is 1.81 bits per heavy atom. The largest absolute Gasteiger partial charge is 0.356 e. The van der Waals surface area contributed by atoms with Gasteiger partial charge in [-0.25, -0.2) is 0 Å². The van der Waals surface area contributed by atoms with Gasteiger partial charge in [0.25, 0.3) is 0 Å². The summed E-state index contributed by atoms with van der Waals surface area (Å²) in [6.07, 6.45) is 2.49. The molecule has 2 aliphatic heterocycles. The quantitative estimate of drug-likeness (QED) is 0.635. The van der Waals surface area contributed by atoms with Crippen LogP contribution in [0.1, 0.15) is 68.0 Å². The van der Waals surface area contributed by atoms with Crippen LogP contribution in [0.2, 0.25) is 0 Å². The van der Waals surface area contributed by atoms with Crippen molar-refractivity contribution in [2.45, 2.75) is 58.0 Å². The smallest absolute Gasteiger partial charge is 0.246 e. The molecule has 1 aromatic heterocycles. The fraction of sp³-hybridized carbons (Fsp3) is 0.407. The summed E-state index contributed by atoms with van der Waals surface area (Å²) in [5, 5.41) is 1.15. The Morgan fingerprint density at radius 1 is 1.06 bits per heavy atom. The van der Waals surface area contributed by atoms with Crippen LogP contribution in [0.4, 0.5) is 0 Å². The first kappa shape index (κ1) is 20.8. The molecule has 2 aliphatic rings. The van der Waals surface area contributed by atoms with Gasteiger partial charge in [-0.15, -0.1) is 0 Å². The Morgan fingerprint density at radius 3 is 2.53 bits per heavy atom. The van der Waals surface area contributed by atoms with Gasteiger partial charge in [-0.1, -0.05) is 69.7 Å². The second kappa shape index (κ2) is 8.12. The van der Waals surface area contributed by atoms with E-state index in [0.717, 1.165) is 35.0 Å². The van der Waals surface area contributed by atoms with Crippen molar-refractivity contribution in [2.75, 3.05) is 13.1 Å². The minimum atomic E-state index is -0.449. The number of carbonyl (C=O) groups is 2. The van der Waals surface area contributed by atoms with E-state index in [1.807, 2.05) is 17.0 Å². The van der Waals surface area contributed by atoms with Crippen molar-refractivity contribution in [1.82, 2.24) is 14.8 Å². The lowest BCUT2D eigenvalue weighted by Crippen LogP contribution is -2.63. The molecule has 2 amide bonds. The highest BCUT2D eigenvalue weighted by Crippen LogP contribution is 2.42. The number of nitrogens with one attached hydrogen (secondary N) is 1. The molecule has 2 atom stereocenters. The van der Waals surface area contributed by atoms with E-state index < -0.39 is 6.04 Å². The lowest BCUT2D eigenvalue weighted by molar-refractivity contribution is -0.158. The third-order valence-corrected chi connectivity index (χ3v) is 7.04. The van der Waals surface area contributed by atoms with E-state index >= 15 is 0 Å². The molecule has 0 bridgehead atoms. The van der Waals surface area contributed by atoms with Gasteiger partial charge in [0, 0.05) is 29.6 Å². The summed E-state index contributed by atoms with van der Waals surface area (Å²) < 4.78 is 0. The number of hydrogen-bond acceptors (Lipinski definition) is 2. The minimum Gasteiger partial charge on any atom is -0.356 e. The molecule has 3 heterocycles. The summed E-state index contributed by atoms with van der Waals surface area (Å²) in [6.45, 7) is 7.29. The number of hydrogen-bond donors (Lipinski definition) is 1. The van der Waals surface area contributed by atoms with Crippen LogP contribution in [0, 0.1) is 0 Å². The summed E-state index contributed by atoms with van der Waals surface area (Å²) in [5.74, 6) is 0.558. The summed E-state index contributed by atoms with van der Waals surface area (Å²) in [7, 11) is 0. The highest BCUT2D eigenvalue weighted by Gasteiger charge is 2.47. The number of benzene rings is 2. The Kier molecular flexibility index (Phi) is 5.28. The molecule has 1 N–H and O–H groups in total. The molecule has 0 saturated carbocycles. The highest BCUT2D eigenvalue weighted by atomic mass is 16.2. The van der Waals surface area contributed by atoms with Crippen molar-refractivity contribution in [1.29, 1.82) is 0 Å². The number of aromatic nitrogens is 1. The highest BCUT2D eigenvalue weighted by molar-refractivity contribution is 5.97. The minimum absolute atomic E-state index is 0.0351. The van der Waals surface area contributed by atoms with Crippen molar-refractivity contribution in [2.24, 2.45) is 0 Å². The van der Waals surface area contributed by atoms with Crippen molar-refractivity contribution in [3.05, 3.63) is 70.9 Å². The van der Waals surface area contributed by atoms with Crippen molar-refractivity contribution in [3.8, 4) is 0 Å². The van der Waals surface area contributed by atoms with Crippen molar-refractivity contribution < 1.29 is 9.59 Å². The second-order valence-corrected chi connectivity index (χ2v) is 9.42. The fourth-order valence-electron chi connectivity index (χ4n) is 5.27. The molecular formula is C27H31N3O2. The summed E-state index contributed by atoms with van der Waals surface area (Å²) in [4.78, 5) is 34.2. The second-order valence-electron chi connectivity index (χ2n) is 9.42. The van der Waals surface area contributed by atoms with E-state index in [2.05, 4.69) is 62.2 Å². The van der Waals surface area contributed by atoms with Gasteiger partial charge >= 0.3 is 0 Å². The molecule has 0 aliphatic carbocycles. The maximum Gasteiger partial charge on any atom is 0.246 e. The van der Waals surface area contributed by atoms with Gasteiger partial charge in [-0.2, -0.15) is 0 Å². The molecule has 5 heteroatoms. The summed E-state index contributed by atoms with van der Waals surface area (Å²) in [5.41, 5.74) is 5.59. The molecule has 0 spiro atoms. The lowest BCUT2D eigenvalue weighted by Gasteiger charge is -2.47. The number of aromatic amines is 1. The third-order valence-electron chi connectivity index (χ3n) is 7.04. The molecule has 0 radical (unpaired) electrons. The molecule has 2 aromatic carbocycles. The van der Waals surface area contributed by atoms with Gasteiger partial charge < -0.3 is 14.8 Å². The standard InChI is InChI=1S/C27H31N3O2/c1-4-5-14-29-16-24(31)30-23(27(29)32)15-21-20-8-6-7-9-22(20)28-25(21)26(30)19-12-10-18(11-13-19)17(2)3/h6-13,17,23,26,28H,4-5,14-16H2,1-3H3/t23-,26-/m0/s1. The summed E-state index contributed by atoms with van der Waals surface area (Å²) in [6, 6.07) is 16.1. The van der Waals surface area contributed by atoms with Crippen LogP contribution < -0.4 is 0 Å². The fourth-order valence-corrected chi connectivity index (χ4v) is 5.27. The zero-order chi connectivity index (χ0) is 22.4. The molecule has 166 valence electrons. The van der Waals surface area contributed by atoms with E-state index in [0.29, 0.717) is 18.9 Å². The Balaban J connectivity index is 1.64. The predicted octanol–water partition coefficient (Wildman–Crippen LogP) is 4.78. The number of piperazine rings is 1. The van der Waals surface area contributed by atoms with Gasteiger partial charge in [0.1, 0.15) is 6.04 Å². The van der Waals surface area contributed by atoms with Crippen molar-refractivity contribution >= 4 is 22.7 Å². The first-order valence-electron chi connectivity index (χ1n) is 11.8. The van der Waals surface area contributed by atoms with Crippen LogP contribution in [0.5, 0.6) is 0 Å². The molecule has 32 heavy (non-hydrogen) atoms. The number of rotatable bonds is 5. The molecule has 0 unspecified atom stereocenters. The number of nitrogens with zero attached hydrogens (tertiary/aromatic N) is 2. The Hall–Kier alpha value is -3.08. The van der Waals surface area contributed by atoms with Crippen LogP contribution in [-0.4, -0.2) is 45.7 Å². The average Bonchev–Trinajstić information content (AvgIpc) is 3.17. The SMILES string of the molecule is CCCCN1CC(=O)N2[C@@H](c3ccc(C(C)C)cc3)c3[nH]c4ccccc4c3C[C@H]2C1=O. The van der Waals surface area contributed by atoms with Crippen LogP contribution in [0.15, 0.2) is 48.5 Å². The van der Waals surface area contributed by atoms with E-state index in [1.165, 1.54) is 11.1 Å². The maximum absolute atomic E-state index is 13.5. The number of H-pyrrole nitrogens is 1. The molecule has 1 fully saturated rings. The zero-order valence-corrected chi connectivity index (χ0v) is 19.1. The maximum atomic E-state index is 13.5. The summed E-state index contributed by atoms with van der Waals surface area (Å²) >= 11 is 0. The molecule has 5 nitrogen and oxygen atoms in total. The normalized spacial score (nSPS) is 20.8. The van der Waals surface area contributed by atoms with Gasteiger partial charge in [-0.05, 0) is 35.1 Å². The van der Waals surface area contributed by atoms with Gasteiger partial charge in [0.05, 0.1) is 12.6 Å². The number of amides is 2. The number of fused-ring (bicyclic) bond motifs is 4. The molecular weight excluding hydrogens is 398 g/mol. The van der Waals surface area contributed by atoms with E-state index in [9.17, 15) is 9.59 Å². The first-order valence-corrected chi connectivity index (χ1v) is 11.8. The lowest BCUT2D eigenvalue weighted by atomic mass is 9.85. The average molecular weight is 430 g/mol. The Labute approximate surface area is 189 Å². The first-order chi connectivity index (χ1) is 15.5.